The van der Waals surface area contributed by atoms with Gasteiger partial charge in [0.05, 0.1) is 7.11 Å². The van der Waals surface area contributed by atoms with E-state index in [9.17, 15) is 19.5 Å². The Morgan fingerprint density at radius 1 is 1.25 bits per heavy atom. The minimum absolute atomic E-state index is 0.114. The zero-order valence-corrected chi connectivity index (χ0v) is 10.7. The van der Waals surface area contributed by atoms with E-state index >= 15 is 0 Å². The molecular formula is C13H12O7. The quantitative estimate of drug-likeness (QED) is 0.366. The van der Waals surface area contributed by atoms with Crippen molar-refractivity contribution >= 4 is 24.0 Å². The van der Waals surface area contributed by atoms with Gasteiger partial charge in [0.25, 0.3) is 0 Å². The number of carboxylic acid groups (broad SMARTS) is 1. The number of esters is 2. The van der Waals surface area contributed by atoms with Crippen molar-refractivity contribution in [1.29, 1.82) is 0 Å². The predicted octanol–water partition coefficient (Wildman–Crippen LogP) is 0.958. The molecule has 0 spiro atoms. The molecule has 0 radical (unpaired) electrons. The van der Waals surface area contributed by atoms with Gasteiger partial charge in [-0.15, -0.1) is 0 Å². The summed E-state index contributed by atoms with van der Waals surface area (Å²) in [6, 6.07) is 3.99. The molecule has 0 fully saturated rings. The lowest BCUT2D eigenvalue weighted by Gasteiger charge is -2.05. The Labute approximate surface area is 114 Å². The van der Waals surface area contributed by atoms with Gasteiger partial charge in [-0.2, -0.15) is 0 Å². The maximum Gasteiger partial charge on any atom is 0.353 e. The minimum atomic E-state index is -1.54. The van der Waals surface area contributed by atoms with E-state index in [-0.39, 0.29) is 17.1 Å². The van der Waals surface area contributed by atoms with Gasteiger partial charge in [-0.25, -0.2) is 9.59 Å². The van der Waals surface area contributed by atoms with Gasteiger partial charge in [-0.3, -0.25) is 4.79 Å². The molecular weight excluding hydrogens is 268 g/mol. The molecule has 0 bridgehead atoms. The first kappa shape index (κ1) is 15.2. The first-order valence-electron chi connectivity index (χ1n) is 5.40. The zero-order chi connectivity index (χ0) is 15.3. The molecule has 1 rings (SSSR count). The molecule has 7 nitrogen and oxygen atoms in total. The largest absolute Gasteiger partial charge is 0.504 e. The van der Waals surface area contributed by atoms with Crippen LogP contribution in [-0.4, -0.2) is 35.2 Å². The van der Waals surface area contributed by atoms with Crippen molar-refractivity contribution in [2.24, 2.45) is 0 Å². The van der Waals surface area contributed by atoms with E-state index in [2.05, 4.69) is 4.74 Å². The van der Waals surface area contributed by atoms with E-state index in [4.69, 9.17) is 9.84 Å². The van der Waals surface area contributed by atoms with Gasteiger partial charge in [0.1, 0.15) is 5.57 Å². The van der Waals surface area contributed by atoms with Gasteiger partial charge in [0.2, 0.25) is 0 Å². The maximum absolute atomic E-state index is 11.4. The fraction of sp³-hybridized carbons (Fsp3) is 0.154. The lowest BCUT2D eigenvalue weighted by atomic mass is 10.1. The summed E-state index contributed by atoms with van der Waals surface area (Å²) in [5, 5.41) is 18.3. The Hall–Kier alpha value is -2.83. The van der Waals surface area contributed by atoms with Crippen molar-refractivity contribution < 1.29 is 34.1 Å². The van der Waals surface area contributed by atoms with Gasteiger partial charge in [-0.1, -0.05) is 6.07 Å². The number of hydrogen-bond acceptors (Lipinski definition) is 6. The van der Waals surface area contributed by atoms with Crippen molar-refractivity contribution in [3.05, 3.63) is 29.3 Å². The SMILES string of the molecule is COc1cc(C=C(C(=O)O)C(=O)OC(C)=O)ccc1O. The van der Waals surface area contributed by atoms with Crippen LogP contribution in [0.4, 0.5) is 0 Å². The molecule has 0 aliphatic carbocycles. The highest BCUT2D eigenvalue weighted by Crippen LogP contribution is 2.27. The number of aromatic hydroxyl groups is 1. The fourth-order valence-electron chi connectivity index (χ4n) is 1.34. The van der Waals surface area contributed by atoms with Crippen molar-refractivity contribution in [3.63, 3.8) is 0 Å². The number of benzene rings is 1. The van der Waals surface area contributed by atoms with E-state index in [1.54, 1.807) is 0 Å². The Balaban J connectivity index is 3.17. The molecule has 7 heteroatoms. The first-order valence-corrected chi connectivity index (χ1v) is 5.40. The second-order valence-corrected chi connectivity index (χ2v) is 3.68. The molecule has 0 amide bonds. The number of carboxylic acids is 1. The molecule has 1 aromatic rings. The Morgan fingerprint density at radius 2 is 1.90 bits per heavy atom. The first-order chi connectivity index (χ1) is 9.35. The highest BCUT2D eigenvalue weighted by Gasteiger charge is 2.20. The molecule has 2 N–H and O–H groups in total. The number of ether oxygens (including phenoxy) is 2. The van der Waals surface area contributed by atoms with Gasteiger partial charge in [-0.05, 0) is 23.8 Å². The van der Waals surface area contributed by atoms with Crippen LogP contribution in [0.5, 0.6) is 11.5 Å². The summed E-state index contributed by atoms with van der Waals surface area (Å²) in [4.78, 5) is 33.1. The molecule has 0 saturated carbocycles. The lowest BCUT2D eigenvalue weighted by Crippen LogP contribution is -2.17. The molecule has 0 saturated heterocycles. The minimum Gasteiger partial charge on any atom is -0.504 e. The van der Waals surface area contributed by atoms with Crippen LogP contribution in [-0.2, 0) is 19.1 Å². The van der Waals surface area contributed by atoms with Crippen molar-refractivity contribution in [1.82, 2.24) is 0 Å². The predicted molar refractivity (Wildman–Crippen MR) is 67.0 cm³/mol. The van der Waals surface area contributed by atoms with Crippen LogP contribution in [0.1, 0.15) is 12.5 Å². The standard InChI is InChI=1S/C13H12O7/c1-7(14)20-13(18)9(12(16)17)5-8-3-4-10(15)11(6-8)19-2/h3-6,15H,1-2H3,(H,16,17). The summed E-state index contributed by atoms with van der Waals surface area (Å²) in [6.07, 6.45) is 1.01. The van der Waals surface area contributed by atoms with Crippen LogP contribution in [0, 0.1) is 0 Å². The van der Waals surface area contributed by atoms with Crippen LogP contribution >= 0.6 is 0 Å². The average molecular weight is 280 g/mol. The Morgan fingerprint density at radius 3 is 2.40 bits per heavy atom. The molecule has 0 aromatic heterocycles. The van der Waals surface area contributed by atoms with Crippen LogP contribution < -0.4 is 4.74 Å². The van der Waals surface area contributed by atoms with Gasteiger partial charge >= 0.3 is 17.9 Å². The summed E-state index contributed by atoms with van der Waals surface area (Å²) < 4.78 is 9.07. The van der Waals surface area contributed by atoms with Crippen LogP contribution in [0.15, 0.2) is 23.8 Å². The summed E-state index contributed by atoms with van der Waals surface area (Å²) in [6.45, 7) is 0.987. The third kappa shape index (κ3) is 3.84. The van der Waals surface area contributed by atoms with E-state index < -0.39 is 23.5 Å². The number of methoxy groups -OCH3 is 1. The second-order valence-electron chi connectivity index (χ2n) is 3.68. The maximum atomic E-state index is 11.4. The summed E-state index contributed by atoms with van der Waals surface area (Å²) in [7, 11) is 1.32. The van der Waals surface area contributed by atoms with Crippen LogP contribution in [0.25, 0.3) is 6.08 Å². The number of rotatable bonds is 4. The normalized spacial score (nSPS) is 10.8. The molecule has 1 aromatic carbocycles. The molecule has 0 atom stereocenters. The number of hydrogen-bond donors (Lipinski definition) is 2. The van der Waals surface area contributed by atoms with E-state index in [0.717, 1.165) is 13.0 Å². The molecule has 0 heterocycles. The van der Waals surface area contributed by atoms with Crippen molar-refractivity contribution in [2.75, 3.05) is 7.11 Å². The highest BCUT2D eigenvalue weighted by atomic mass is 16.6. The molecule has 0 aliphatic rings. The number of phenols is 1. The second kappa shape index (κ2) is 6.37. The van der Waals surface area contributed by atoms with Crippen molar-refractivity contribution in [2.45, 2.75) is 6.92 Å². The number of carbonyl (C=O) groups is 3. The smallest absolute Gasteiger partial charge is 0.353 e. The van der Waals surface area contributed by atoms with Gasteiger partial charge in [0, 0.05) is 6.92 Å². The number of phenolic OH excluding ortho intramolecular Hbond substituents is 1. The third-order valence-electron chi connectivity index (χ3n) is 2.20. The number of carbonyl (C=O) groups excluding carboxylic acids is 2. The Bertz CT molecular complexity index is 586. The van der Waals surface area contributed by atoms with Crippen LogP contribution in [0.3, 0.4) is 0 Å². The summed E-state index contributed by atoms with van der Waals surface area (Å²) in [5.74, 6) is -3.73. The molecule has 20 heavy (non-hydrogen) atoms. The van der Waals surface area contributed by atoms with Crippen LogP contribution in [0.2, 0.25) is 0 Å². The summed E-state index contributed by atoms with van der Waals surface area (Å²) in [5.41, 5.74) is -0.425. The van der Waals surface area contributed by atoms with E-state index in [1.165, 1.54) is 25.3 Å². The zero-order valence-electron chi connectivity index (χ0n) is 10.7. The average Bonchev–Trinajstić information content (AvgIpc) is 2.36. The lowest BCUT2D eigenvalue weighted by molar-refractivity contribution is -0.156. The monoisotopic (exact) mass is 280 g/mol. The number of aliphatic carboxylic acids is 1. The highest BCUT2D eigenvalue weighted by molar-refractivity contribution is 6.18. The van der Waals surface area contributed by atoms with E-state index in [1.807, 2.05) is 0 Å². The van der Waals surface area contributed by atoms with E-state index in [0.29, 0.717) is 0 Å². The molecule has 106 valence electrons. The fourth-order valence-corrected chi connectivity index (χ4v) is 1.34. The van der Waals surface area contributed by atoms with Gasteiger partial charge < -0.3 is 19.7 Å². The Kier molecular flexibility index (Phi) is 4.85. The molecule has 0 aliphatic heterocycles. The van der Waals surface area contributed by atoms with Gasteiger partial charge in [0.15, 0.2) is 11.5 Å². The molecule has 0 unspecified atom stereocenters. The summed E-state index contributed by atoms with van der Waals surface area (Å²) >= 11 is 0. The van der Waals surface area contributed by atoms with Crippen molar-refractivity contribution in [3.8, 4) is 11.5 Å². The third-order valence-corrected chi connectivity index (χ3v) is 2.20. The topological polar surface area (TPSA) is 110 Å².